The van der Waals surface area contributed by atoms with Gasteiger partial charge < -0.3 is 10.1 Å². The molecular weight excluding hydrogens is 452 g/mol. The summed E-state index contributed by atoms with van der Waals surface area (Å²) >= 11 is 3.36. The molecule has 3 rings (SSSR count). The van der Waals surface area contributed by atoms with Crippen LogP contribution in [0.3, 0.4) is 0 Å². The van der Waals surface area contributed by atoms with Gasteiger partial charge in [0.05, 0.1) is 26.8 Å². The monoisotopic (exact) mass is 472 g/mol. The van der Waals surface area contributed by atoms with Crippen molar-refractivity contribution in [3.8, 4) is 11.5 Å². The minimum Gasteiger partial charge on any atom is -0.457 e. The van der Waals surface area contributed by atoms with Crippen LogP contribution < -0.4 is 10.1 Å². The maximum atomic E-state index is 12.7. The molecule has 1 N–H and O–H groups in total. The third-order valence-electron chi connectivity index (χ3n) is 4.83. The van der Waals surface area contributed by atoms with E-state index in [1.807, 2.05) is 39.8 Å². The number of amides is 1. The lowest BCUT2D eigenvalue weighted by Gasteiger charge is -2.13. The van der Waals surface area contributed by atoms with Crippen LogP contribution in [0.15, 0.2) is 34.8 Å². The average molecular weight is 473 g/mol. The largest absolute Gasteiger partial charge is 0.457 e. The SMILES string of the molecule is Cc1cc(C)c(C)c(Oc2cc(NC(=O)c3nn(C)c(C)c3Br)cc([N+](=O)[O-])c2)c1. The Bertz CT molecular complexity index is 1170. The second-order valence-corrected chi connectivity index (χ2v) is 7.90. The van der Waals surface area contributed by atoms with Crippen molar-refractivity contribution < 1.29 is 14.5 Å². The number of hydrogen-bond acceptors (Lipinski definition) is 5. The molecule has 1 aromatic heterocycles. The van der Waals surface area contributed by atoms with Crippen LogP contribution in [0.2, 0.25) is 0 Å². The van der Waals surface area contributed by atoms with E-state index in [-0.39, 0.29) is 22.8 Å². The molecule has 0 unspecified atom stereocenters. The lowest BCUT2D eigenvalue weighted by Crippen LogP contribution is -2.14. The fraction of sp³-hybridized carbons (Fsp3) is 0.238. The van der Waals surface area contributed by atoms with Gasteiger partial charge >= 0.3 is 0 Å². The Morgan fingerprint density at radius 3 is 2.47 bits per heavy atom. The van der Waals surface area contributed by atoms with Crippen LogP contribution in [0.5, 0.6) is 11.5 Å². The quantitative estimate of drug-likeness (QED) is 0.397. The van der Waals surface area contributed by atoms with Crippen molar-refractivity contribution in [1.29, 1.82) is 0 Å². The lowest BCUT2D eigenvalue weighted by atomic mass is 10.1. The van der Waals surface area contributed by atoms with Gasteiger partial charge in [-0.2, -0.15) is 5.10 Å². The summed E-state index contributed by atoms with van der Waals surface area (Å²) in [6.45, 7) is 7.66. The first-order valence-corrected chi connectivity index (χ1v) is 9.91. The summed E-state index contributed by atoms with van der Waals surface area (Å²) < 4.78 is 8.09. The van der Waals surface area contributed by atoms with Crippen LogP contribution in [0.4, 0.5) is 11.4 Å². The molecule has 9 heteroatoms. The third-order valence-corrected chi connectivity index (χ3v) is 5.78. The third kappa shape index (κ3) is 4.35. The Morgan fingerprint density at radius 2 is 1.87 bits per heavy atom. The van der Waals surface area contributed by atoms with Crippen molar-refractivity contribution in [2.24, 2.45) is 7.05 Å². The van der Waals surface area contributed by atoms with E-state index in [1.54, 1.807) is 17.8 Å². The number of ether oxygens (including phenoxy) is 1. The van der Waals surface area contributed by atoms with Gasteiger partial charge in [-0.05, 0) is 66.4 Å². The highest BCUT2D eigenvalue weighted by Gasteiger charge is 2.20. The molecule has 0 bridgehead atoms. The minimum atomic E-state index is -0.530. The number of aryl methyl sites for hydroxylation is 3. The van der Waals surface area contributed by atoms with Gasteiger partial charge in [-0.25, -0.2) is 0 Å². The Kier molecular flexibility index (Phi) is 5.93. The number of rotatable bonds is 5. The number of nitrogens with one attached hydrogen (secondary N) is 1. The topological polar surface area (TPSA) is 99.3 Å². The summed E-state index contributed by atoms with van der Waals surface area (Å²) in [5.41, 5.74) is 4.03. The number of aromatic nitrogens is 2. The van der Waals surface area contributed by atoms with Crippen LogP contribution in [-0.2, 0) is 7.05 Å². The number of non-ortho nitro benzene ring substituents is 1. The number of nitro benzene ring substituents is 1. The molecule has 1 heterocycles. The van der Waals surface area contributed by atoms with Crippen LogP contribution in [0, 0.1) is 37.8 Å². The number of carbonyl (C=O) groups excluding carboxylic acids is 1. The van der Waals surface area contributed by atoms with E-state index in [4.69, 9.17) is 4.74 Å². The van der Waals surface area contributed by atoms with E-state index in [9.17, 15) is 14.9 Å². The minimum absolute atomic E-state index is 0.189. The van der Waals surface area contributed by atoms with Gasteiger partial charge in [0, 0.05) is 19.2 Å². The zero-order valence-electron chi connectivity index (χ0n) is 17.2. The molecule has 156 valence electrons. The molecule has 30 heavy (non-hydrogen) atoms. The van der Waals surface area contributed by atoms with Gasteiger partial charge in [0.1, 0.15) is 11.5 Å². The molecule has 0 atom stereocenters. The van der Waals surface area contributed by atoms with Crippen LogP contribution in [0.1, 0.15) is 32.9 Å². The van der Waals surface area contributed by atoms with E-state index in [0.29, 0.717) is 10.2 Å². The first-order chi connectivity index (χ1) is 14.1. The molecule has 2 aromatic carbocycles. The molecule has 0 aliphatic rings. The molecule has 3 aromatic rings. The summed E-state index contributed by atoms with van der Waals surface area (Å²) in [5, 5.41) is 18.3. The van der Waals surface area contributed by atoms with E-state index in [0.717, 1.165) is 22.4 Å². The molecule has 0 saturated heterocycles. The standard InChI is InChI=1S/C21H21BrN4O4/c1-11-6-12(2)13(3)18(7-11)30-17-9-15(8-16(10-17)26(28)29)23-21(27)20-19(22)14(4)25(5)24-20/h6-10H,1-5H3,(H,23,27). The normalized spacial score (nSPS) is 10.7. The van der Waals surface area contributed by atoms with Crippen LogP contribution in [0.25, 0.3) is 0 Å². The molecule has 0 spiro atoms. The second kappa shape index (κ2) is 8.27. The summed E-state index contributed by atoms with van der Waals surface area (Å²) in [7, 11) is 1.72. The van der Waals surface area contributed by atoms with Crippen molar-refractivity contribution in [2.45, 2.75) is 27.7 Å². The number of nitrogens with zero attached hydrogens (tertiary/aromatic N) is 3. The van der Waals surface area contributed by atoms with Crippen molar-refractivity contribution in [1.82, 2.24) is 9.78 Å². The summed E-state index contributed by atoms with van der Waals surface area (Å²) in [5.74, 6) is 0.372. The lowest BCUT2D eigenvalue weighted by molar-refractivity contribution is -0.384. The van der Waals surface area contributed by atoms with E-state index < -0.39 is 10.8 Å². The van der Waals surface area contributed by atoms with Crippen molar-refractivity contribution in [3.05, 3.63) is 73.0 Å². The number of benzene rings is 2. The first-order valence-electron chi connectivity index (χ1n) is 9.12. The Hall–Kier alpha value is -3.20. The predicted molar refractivity (Wildman–Crippen MR) is 117 cm³/mol. The summed E-state index contributed by atoms with van der Waals surface area (Å²) in [4.78, 5) is 23.5. The molecule has 1 amide bonds. The van der Waals surface area contributed by atoms with Gasteiger partial charge in [-0.3, -0.25) is 19.6 Å². The van der Waals surface area contributed by atoms with E-state index >= 15 is 0 Å². The molecule has 0 fully saturated rings. The second-order valence-electron chi connectivity index (χ2n) is 7.11. The number of hydrogen-bond donors (Lipinski definition) is 1. The van der Waals surface area contributed by atoms with Gasteiger partial charge in [0.2, 0.25) is 0 Å². The Labute approximate surface area is 182 Å². The maximum absolute atomic E-state index is 12.7. The van der Waals surface area contributed by atoms with Gasteiger partial charge in [-0.15, -0.1) is 0 Å². The molecule has 0 saturated carbocycles. The highest BCUT2D eigenvalue weighted by atomic mass is 79.9. The van der Waals surface area contributed by atoms with Crippen LogP contribution in [-0.4, -0.2) is 20.6 Å². The molecule has 8 nitrogen and oxygen atoms in total. The highest BCUT2D eigenvalue weighted by Crippen LogP contribution is 2.33. The number of nitro groups is 1. The maximum Gasteiger partial charge on any atom is 0.277 e. The first kappa shape index (κ1) is 21.5. The number of carbonyl (C=O) groups is 1. The van der Waals surface area contributed by atoms with E-state index in [1.165, 1.54) is 12.1 Å². The van der Waals surface area contributed by atoms with Gasteiger partial charge in [0.25, 0.3) is 11.6 Å². The van der Waals surface area contributed by atoms with Crippen LogP contribution >= 0.6 is 15.9 Å². The van der Waals surface area contributed by atoms with Crippen molar-refractivity contribution in [3.63, 3.8) is 0 Å². The average Bonchev–Trinajstić information content (AvgIpc) is 2.93. The Balaban J connectivity index is 1.96. The summed E-state index contributed by atoms with van der Waals surface area (Å²) in [6.07, 6.45) is 0. The van der Waals surface area contributed by atoms with Crippen molar-refractivity contribution in [2.75, 3.05) is 5.32 Å². The fourth-order valence-corrected chi connectivity index (χ4v) is 3.49. The predicted octanol–water partition coefficient (Wildman–Crippen LogP) is 5.37. The van der Waals surface area contributed by atoms with Gasteiger partial charge in [-0.1, -0.05) is 6.07 Å². The fourth-order valence-electron chi connectivity index (χ4n) is 2.97. The zero-order chi connectivity index (χ0) is 22.2. The molecule has 0 aliphatic carbocycles. The van der Waals surface area contributed by atoms with Gasteiger partial charge in [0.15, 0.2) is 5.69 Å². The van der Waals surface area contributed by atoms with Crippen molar-refractivity contribution >= 4 is 33.2 Å². The number of anilines is 1. The zero-order valence-corrected chi connectivity index (χ0v) is 18.8. The summed E-state index contributed by atoms with van der Waals surface area (Å²) in [6, 6.07) is 8.06. The molecular formula is C21H21BrN4O4. The Morgan fingerprint density at radius 1 is 1.17 bits per heavy atom. The molecule has 0 radical (unpaired) electrons. The smallest absolute Gasteiger partial charge is 0.277 e. The van der Waals surface area contributed by atoms with E-state index in [2.05, 4.69) is 26.3 Å². The highest BCUT2D eigenvalue weighted by molar-refractivity contribution is 9.10. The number of halogens is 1. The molecule has 0 aliphatic heterocycles.